The van der Waals surface area contributed by atoms with E-state index in [0.29, 0.717) is 27.3 Å². The van der Waals surface area contributed by atoms with Crippen molar-refractivity contribution in [3.05, 3.63) is 136 Å². The molecule has 0 amide bonds. The Morgan fingerprint density at radius 3 is 1.22 bits per heavy atom. The molecule has 41 heavy (non-hydrogen) atoms. The molecule has 4 heterocycles. The number of rotatable bonds is 3. The lowest BCUT2D eigenvalue weighted by molar-refractivity contribution is 1.06. The van der Waals surface area contributed by atoms with Crippen molar-refractivity contribution in [1.82, 2.24) is 24.3 Å². The maximum Gasteiger partial charge on any atom is 0.286 e. The van der Waals surface area contributed by atoms with Gasteiger partial charge in [0.2, 0.25) is 0 Å². The Bertz CT molecular complexity index is 2250. The topological polar surface area (TPSA) is 90.1 Å². The Kier molecular flexibility index (Phi) is 4.99. The van der Waals surface area contributed by atoms with Gasteiger partial charge in [-0.1, -0.05) is 60.7 Å². The third kappa shape index (κ3) is 3.53. The van der Waals surface area contributed by atoms with E-state index in [1.165, 1.54) is 12.4 Å². The van der Waals surface area contributed by atoms with Crippen LogP contribution in [0.5, 0.6) is 0 Å². The van der Waals surface area contributed by atoms with E-state index in [2.05, 4.69) is 62.4 Å². The molecule has 0 fully saturated rings. The first-order valence-corrected chi connectivity index (χ1v) is 13.1. The van der Waals surface area contributed by atoms with E-state index in [0.717, 1.165) is 37.8 Å². The number of benzene rings is 4. The van der Waals surface area contributed by atoms with Crippen molar-refractivity contribution in [3.8, 4) is 33.4 Å². The molecule has 0 atom stereocenters. The minimum absolute atomic E-state index is 0.131. The number of hydrogen-bond acceptors (Lipinski definition) is 6. The van der Waals surface area contributed by atoms with Crippen LogP contribution >= 0.6 is 0 Å². The second kappa shape index (κ2) is 8.86. The molecule has 0 aliphatic rings. The van der Waals surface area contributed by atoms with Crippen LogP contribution in [0.2, 0.25) is 0 Å². The molecular weight excluding hydrogens is 510 g/mol. The van der Waals surface area contributed by atoms with Crippen LogP contribution in [0.3, 0.4) is 0 Å². The third-order valence-electron chi connectivity index (χ3n) is 7.53. The summed E-state index contributed by atoms with van der Waals surface area (Å²) in [6, 6.07) is 31.0. The molecule has 7 nitrogen and oxygen atoms in total. The summed E-state index contributed by atoms with van der Waals surface area (Å²) in [5.41, 5.74) is 6.77. The zero-order valence-electron chi connectivity index (χ0n) is 21.5. The van der Waals surface area contributed by atoms with E-state index in [1.807, 2.05) is 48.5 Å². The summed E-state index contributed by atoms with van der Waals surface area (Å²) >= 11 is 0. The van der Waals surface area contributed by atoms with Crippen LogP contribution in [0.1, 0.15) is 0 Å². The smallest absolute Gasteiger partial charge is 0.266 e. The highest BCUT2D eigenvalue weighted by Gasteiger charge is 2.21. The molecule has 0 radical (unpaired) electrons. The largest absolute Gasteiger partial charge is 0.286 e. The Labute approximate surface area is 232 Å². The molecule has 192 valence electrons. The summed E-state index contributed by atoms with van der Waals surface area (Å²) in [5.74, 6) is 0. The van der Waals surface area contributed by atoms with Crippen molar-refractivity contribution in [2.75, 3.05) is 0 Å². The maximum atomic E-state index is 13.5. The zero-order valence-corrected chi connectivity index (χ0v) is 21.5. The number of nitrogens with zero attached hydrogens (tertiary/aromatic N) is 5. The Morgan fingerprint density at radius 2 is 0.780 bits per heavy atom. The van der Waals surface area contributed by atoms with Crippen LogP contribution in [-0.4, -0.2) is 24.3 Å². The fourth-order valence-corrected chi connectivity index (χ4v) is 5.68. The van der Waals surface area contributed by atoms with E-state index in [4.69, 9.17) is 0 Å². The standard InChI is InChI=1S/C34H19N5O2/c40-33-30-28(35-11-13-37-30)26-18-25(19-27-29-31(38-14-12-36-29)34(41)39(33)32(26)27)24-16-22(20-7-3-1-4-8-20)15-23(17-24)21-9-5-2-6-10-21/h1-19H. The van der Waals surface area contributed by atoms with Crippen LogP contribution in [0.25, 0.3) is 71.7 Å². The lowest BCUT2D eigenvalue weighted by atomic mass is 9.92. The van der Waals surface area contributed by atoms with Gasteiger partial charge in [-0.25, -0.2) is 14.4 Å². The molecule has 0 saturated heterocycles. The van der Waals surface area contributed by atoms with Gasteiger partial charge < -0.3 is 0 Å². The fourth-order valence-electron chi connectivity index (χ4n) is 5.68. The first kappa shape index (κ1) is 23.1. The van der Waals surface area contributed by atoms with Crippen LogP contribution in [0.4, 0.5) is 0 Å². The lowest BCUT2D eigenvalue weighted by Gasteiger charge is -2.15. The van der Waals surface area contributed by atoms with Gasteiger partial charge in [-0.2, -0.15) is 0 Å². The monoisotopic (exact) mass is 529 g/mol. The van der Waals surface area contributed by atoms with Gasteiger partial charge >= 0.3 is 0 Å². The van der Waals surface area contributed by atoms with Gasteiger partial charge in [-0.15, -0.1) is 0 Å². The van der Waals surface area contributed by atoms with Crippen molar-refractivity contribution in [1.29, 1.82) is 0 Å². The van der Waals surface area contributed by atoms with Gasteiger partial charge in [0, 0.05) is 35.6 Å². The van der Waals surface area contributed by atoms with Crippen molar-refractivity contribution in [2.24, 2.45) is 0 Å². The van der Waals surface area contributed by atoms with Crippen LogP contribution in [-0.2, 0) is 0 Å². The Hall–Kier alpha value is -5.82. The number of pyridine rings is 2. The second-order valence-electron chi connectivity index (χ2n) is 9.90. The first-order chi connectivity index (χ1) is 20.2. The summed E-state index contributed by atoms with van der Waals surface area (Å²) < 4.78 is 1.16. The highest BCUT2D eigenvalue weighted by atomic mass is 16.2. The zero-order chi connectivity index (χ0) is 27.5. The van der Waals surface area contributed by atoms with Gasteiger partial charge in [-0.05, 0) is 63.7 Å². The quantitative estimate of drug-likeness (QED) is 0.202. The third-order valence-corrected chi connectivity index (χ3v) is 7.53. The fraction of sp³-hybridized carbons (Fsp3) is 0. The van der Waals surface area contributed by atoms with Crippen molar-refractivity contribution in [3.63, 3.8) is 0 Å². The molecule has 0 bridgehead atoms. The molecule has 0 aliphatic heterocycles. The van der Waals surface area contributed by atoms with E-state index < -0.39 is 11.1 Å². The molecule has 0 spiro atoms. The van der Waals surface area contributed by atoms with Gasteiger partial charge in [0.1, 0.15) is 11.0 Å². The van der Waals surface area contributed by atoms with Gasteiger partial charge in [0.25, 0.3) is 11.1 Å². The van der Waals surface area contributed by atoms with Gasteiger partial charge in [-0.3, -0.25) is 19.6 Å². The Balaban J connectivity index is 1.53. The van der Waals surface area contributed by atoms with E-state index in [1.54, 1.807) is 12.4 Å². The van der Waals surface area contributed by atoms with Crippen LogP contribution in [0.15, 0.2) is 125 Å². The molecule has 8 rings (SSSR count). The first-order valence-electron chi connectivity index (χ1n) is 13.1. The molecular formula is C34H19N5O2. The van der Waals surface area contributed by atoms with Gasteiger partial charge in [0.05, 0.1) is 5.52 Å². The SMILES string of the molecule is O=c1c2nccnc2c2cc(-c3cc(-c4ccccc4)cc(-c4ccccc4)c3)cc3c4nccnc4c(=O)n1c23. The van der Waals surface area contributed by atoms with Crippen LogP contribution < -0.4 is 11.1 Å². The maximum absolute atomic E-state index is 13.5. The molecule has 0 unspecified atom stereocenters. The minimum atomic E-state index is -0.520. The predicted octanol–water partition coefficient (Wildman–Crippen LogP) is 6.14. The molecule has 0 N–H and O–H groups in total. The molecule has 4 aromatic heterocycles. The van der Waals surface area contributed by atoms with Crippen molar-refractivity contribution < 1.29 is 0 Å². The molecule has 0 aliphatic carbocycles. The number of aromatic nitrogens is 5. The molecule has 0 saturated carbocycles. The van der Waals surface area contributed by atoms with Crippen molar-refractivity contribution in [2.45, 2.75) is 0 Å². The van der Waals surface area contributed by atoms with E-state index in [9.17, 15) is 9.59 Å². The minimum Gasteiger partial charge on any atom is -0.266 e. The summed E-state index contributed by atoms with van der Waals surface area (Å²) in [7, 11) is 0. The van der Waals surface area contributed by atoms with Gasteiger partial charge in [0.15, 0.2) is 11.0 Å². The summed E-state index contributed by atoms with van der Waals surface area (Å²) in [4.78, 5) is 44.7. The van der Waals surface area contributed by atoms with E-state index >= 15 is 0 Å². The predicted molar refractivity (Wildman–Crippen MR) is 161 cm³/mol. The lowest BCUT2D eigenvalue weighted by Crippen LogP contribution is -2.28. The highest BCUT2D eigenvalue weighted by Crippen LogP contribution is 2.37. The molecule has 4 aromatic carbocycles. The molecule has 7 heteroatoms. The normalized spacial score (nSPS) is 11.6. The highest BCUT2D eigenvalue weighted by molar-refractivity contribution is 6.16. The average Bonchev–Trinajstić information content (AvgIpc) is 3.05. The molecule has 8 aromatic rings. The second-order valence-corrected chi connectivity index (χ2v) is 9.90. The summed E-state index contributed by atoms with van der Waals surface area (Å²) in [6.45, 7) is 0. The number of hydrogen-bond donors (Lipinski definition) is 0. The number of fused-ring (bicyclic) bond motifs is 4. The van der Waals surface area contributed by atoms with E-state index in [-0.39, 0.29) is 11.0 Å². The summed E-state index contributed by atoms with van der Waals surface area (Å²) in [6.07, 6.45) is 6.04. The van der Waals surface area contributed by atoms with Crippen molar-refractivity contribution >= 4 is 38.4 Å². The van der Waals surface area contributed by atoms with Crippen LogP contribution in [0, 0.1) is 0 Å². The summed E-state index contributed by atoms with van der Waals surface area (Å²) in [5, 5.41) is 1.30. The average molecular weight is 530 g/mol. The Morgan fingerprint density at radius 1 is 0.415 bits per heavy atom.